The van der Waals surface area contributed by atoms with Crippen molar-refractivity contribution < 1.29 is 38.3 Å². The van der Waals surface area contributed by atoms with Gasteiger partial charge in [0.25, 0.3) is 10.2 Å². The van der Waals surface area contributed by atoms with Crippen molar-refractivity contribution in [2.45, 2.75) is 31.5 Å². The highest BCUT2D eigenvalue weighted by Gasteiger charge is 2.26. The standard InChI is InChI=1S/C27H23FN2O6S.HNO3/c1-17-23(12-18-5-8-21(9-6-18)37(2)34)22-10-7-20(28)13-25(22)24(17)14-27(31)35-16-26-19(4-3-11-29-26)15-36-30(32)33;2-1(3)4/h3-13H,14-16H2,1-2H3;(H,2,3,4)/b23-12-;. The van der Waals surface area contributed by atoms with Crippen LogP contribution in [0.25, 0.3) is 17.2 Å². The number of hydrogen-bond acceptors (Lipinski definition) is 9. The predicted molar refractivity (Wildman–Crippen MR) is 145 cm³/mol. The summed E-state index contributed by atoms with van der Waals surface area (Å²) in [5.41, 5.74) is 5.39. The van der Waals surface area contributed by atoms with Gasteiger partial charge >= 0.3 is 5.97 Å². The number of halogens is 1. The molecule has 0 aliphatic heterocycles. The molecule has 1 atom stereocenters. The van der Waals surface area contributed by atoms with Crippen LogP contribution in [-0.2, 0) is 38.4 Å². The third-order valence-electron chi connectivity index (χ3n) is 5.98. The summed E-state index contributed by atoms with van der Waals surface area (Å²) < 4.78 is 31.3. The van der Waals surface area contributed by atoms with E-state index >= 15 is 0 Å². The molecule has 0 radical (unpaired) electrons. The fourth-order valence-corrected chi connectivity index (χ4v) is 4.62. The van der Waals surface area contributed by atoms with Gasteiger partial charge in [-0.3, -0.25) is 14.0 Å². The number of benzene rings is 2. The van der Waals surface area contributed by atoms with Crippen molar-refractivity contribution in [3.8, 4) is 0 Å². The summed E-state index contributed by atoms with van der Waals surface area (Å²) in [6, 6.07) is 15.0. The van der Waals surface area contributed by atoms with E-state index in [1.807, 2.05) is 25.1 Å². The van der Waals surface area contributed by atoms with Gasteiger partial charge in [-0.05, 0) is 76.7 Å². The van der Waals surface area contributed by atoms with E-state index < -0.39 is 32.8 Å². The van der Waals surface area contributed by atoms with E-state index in [1.165, 1.54) is 18.3 Å². The van der Waals surface area contributed by atoms with Crippen LogP contribution in [0.1, 0.15) is 41.3 Å². The second-order valence-electron chi connectivity index (χ2n) is 8.56. The van der Waals surface area contributed by atoms with Gasteiger partial charge in [-0.15, -0.1) is 20.2 Å². The van der Waals surface area contributed by atoms with E-state index in [9.17, 15) is 23.5 Å². The van der Waals surface area contributed by atoms with Crippen molar-refractivity contribution in [3.63, 3.8) is 0 Å². The minimum absolute atomic E-state index is 0.0963. The molecule has 1 unspecified atom stereocenters. The first-order valence-electron chi connectivity index (χ1n) is 11.8. The molecule has 1 aromatic heterocycles. The summed E-state index contributed by atoms with van der Waals surface area (Å²) in [5, 5.41) is 23.2. The normalized spacial score (nSPS) is 13.6. The van der Waals surface area contributed by atoms with Crippen LogP contribution in [0.2, 0.25) is 0 Å². The average Bonchev–Trinajstić information content (AvgIpc) is 3.16. The van der Waals surface area contributed by atoms with E-state index in [4.69, 9.17) is 20.1 Å². The summed E-state index contributed by atoms with van der Waals surface area (Å²) in [6.45, 7) is 1.37. The molecule has 0 amide bonds. The van der Waals surface area contributed by atoms with Gasteiger partial charge in [-0.25, -0.2) is 4.39 Å². The van der Waals surface area contributed by atoms with Crippen LogP contribution in [0.4, 0.5) is 4.39 Å². The summed E-state index contributed by atoms with van der Waals surface area (Å²) >= 11 is 0. The number of aromatic nitrogens is 1. The van der Waals surface area contributed by atoms with Crippen LogP contribution >= 0.6 is 0 Å². The number of hydrogen-bond donors (Lipinski definition) is 1. The van der Waals surface area contributed by atoms with Gasteiger partial charge in [-0.2, -0.15) is 0 Å². The second-order valence-corrected chi connectivity index (χ2v) is 9.94. The Balaban J connectivity index is 0.00000108. The van der Waals surface area contributed by atoms with Gasteiger partial charge in [0, 0.05) is 33.7 Å². The molecule has 14 heteroatoms. The van der Waals surface area contributed by atoms with Crippen molar-refractivity contribution in [3.05, 3.63) is 120 Å². The molecular formula is C27H24FN3O9S. The van der Waals surface area contributed by atoms with Crippen LogP contribution in [0, 0.1) is 26.0 Å². The maximum Gasteiger partial charge on any atom is 0.310 e. The quantitative estimate of drug-likeness (QED) is 0.209. The molecule has 1 aliphatic carbocycles. The van der Waals surface area contributed by atoms with Crippen molar-refractivity contribution in [1.29, 1.82) is 0 Å². The molecule has 1 aliphatic rings. The lowest BCUT2D eigenvalue weighted by molar-refractivity contribution is -0.763. The van der Waals surface area contributed by atoms with E-state index in [1.54, 1.807) is 36.6 Å². The Morgan fingerprint density at radius 2 is 1.78 bits per heavy atom. The van der Waals surface area contributed by atoms with Crippen molar-refractivity contribution in [1.82, 2.24) is 4.98 Å². The Morgan fingerprint density at radius 3 is 2.41 bits per heavy atom. The molecule has 41 heavy (non-hydrogen) atoms. The summed E-state index contributed by atoms with van der Waals surface area (Å²) in [4.78, 5) is 40.9. The largest absolute Gasteiger partial charge is 0.459 e. The molecule has 2 aromatic carbocycles. The Labute approximate surface area is 235 Å². The minimum atomic E-state index is -1.50. The maximum atomic E-state index is 14.2. The number of esters is 1. The fourth-order valence-electron chi connectivity index (χ4n) is 4.10. The third-order valence-corrected chi connectivity index (χ3v) is 6.91. The number of rotatable bonds is 9. The molecule has 0 spiro atoms. The first-order chi connectivity index (χ1) is 19.5. The summed E-state index contributed by atoms with van der Waals surface area (Å²) in [7, 11) is -1.08. The van der Waals surface area contributed by atoms with Crippen LogP contribution in [0.15, 0.2) is 71.3 Å². The maximum absolute atomic E-state index is 14.2. The third kappa shape index (κ3) is 8.50. The Bertz CT molecular complexity index is 1550. The monoisotopic (exact) mass is 585 g/mol. The minimum Gasteiger partial charge on any atom is -0.459 e. The highest BCUT2D eigenvalue weighted by Crippen LogP contribution is 2.44. The van der Waals surface area contributed by atoms with Gasteiger partial charge < -0.3 is 14.8 Å². The lowest BCUT2D eigenvalue weighted by Gasteiger charge is -2.10. The summed E-state index contributed by atoms with van der Waals surface area (Å²) in [5.74, 6) is -0.968. The number of nitrogens with zero attached hydrogens (tertiary/aromatic N) is 3. The van der Waals surface area contributed by atoms with Crippen LogP contribution in [-0.4, -0.2) is 36.8 Å². The summed E-state index contributed by atoms with van der Waals surface area (Å²) in [6.07, 6.45) is 4.95. The van der Waals surface area contributed by atoms with Crippen molar-refractivity contribution in [2.75, 3.05) is 6.26 Å². The van der Waals surface area contributed by atoms with Crippen LogP contribution in [0.5, 0.6) is 0 Å². The van der Waals surface area contributed by atoms with E-state index in [0.717, 1.165) is 22.3 Å². The molecular weight excluding hydrogens is 561 g/mol. The molecule has 1 N–H and O–H groups in total. The second kappa shape index (κ2) is 13.9. The molecule has 1 heterocycles. The van der Waals surface area contributed by atoms with Crippen molar-refractivity contribution in [2.24, 2.45) is 0 Å². The molecule has 0 fully saturated rings. The Hall–Kier alpha value is -4.98. The topological polar surface area (TPSA) is 172 Å². The number of fused-ring (bicyclic) bond motifs is 1. The number of ether oxygens (including phenoxy) is 1. The predicted octanol–water partition coefficient (Wildman–Crippen LogP) is 4.78. The fraction of sp³-hybridized carbons (Fsp3) is 0.185. The zero-order valence-electron chi connectivity index (χ0n) is 21.8. The highest BCUT2D eigenvalue weighted by molar-refractivity contribution is 7.84. The van der Waals surface area contributed by atoms with Gasteiger partial charge in [-0.1, -0.05) is 24.3 Å². The lowest BCUT2D eigenvalue weighted by Crippen LogP contribution is -2.10. The molecule has 0 saturated heterocycles. The Kier molecular flexibility index (Phi) is 10.4. The molecule has 4 rings (SSSR count). The molecule has 0 saturated carbocycles. The Morgan fingerprint density at radius 1 is 1.10 bits per heavy atom. The van der Waals surface area contributed by atoms with Gasteiger partial charge in [0.15, 0.2) is 0 Å². The zero-order valence-corrected chi connectivity index (χ0v) is 22.6. The zero-order chi connectivity index (χ0) is 30.1. The molecule has 12 nitrogen and oxygen atoms in total. The van der Waals surface area contributed by atoms with Gasteiger partial charge in [0.05, 0.1) is 12.1 Å². The smallest absolute Gasteiger partial charge is 0.310 e. The number of pyridine rings is 1. The van der Waals surface area contributed by atoms with Gasteiger partial charge in [0.2, 0.25) is 0 Å². The molecule has 3 aromatic rings. The first-order valence-corrected chi connectivity index (χ1v) is 13.4. The van der Waals surface area contributed by atoms with Gasteiger partial charge in [0.1, 0.15) is 19.0 Å². The van der Waals surface area contributed by atoms with E-state index in [-0.39, 0.29) is 19.6 Å². The first kappa shape index (κ1) is 30.6. The SMILES string of the molecule is CC1=C(CC(=O)OCc2ncccc2CO[N+](=O)[O-])c2cc(F)ccc2/C1=C\c1ccc(S(C)=O)cc1.O=[N+]([O-])O. The highest BCUT2D eigenvalue weighted by atomic mass is 32.2. The number of carbonyl (C=O) groups excluding carboxylic acids is 1. The molecule has 214 valence electrons. The number of carbonyl (C=O) groups is 1. The van der Waals surface area contributed by atoms with Crippen LogP contribution < -0.4 is 0 Å². The van der Waals surface area contributed by atoms with Crippen LogP contribution in [0.3, 0.4) is 0 Å². The van der Waals surface area contributed by atoms with Crippen molar-refractivity contribution >= 4 is 34.0 Å². The molecule has 0 bridgehead atoms. The van der Waals surface area contributed by atoms with E-state index in [2.05, 4.69) is 9.82 Å². The van der Waals surface area contributed by atoms with E-state index in [0.29, 0.717) is 27.3 Å². The lowest BCUT2D eigenvalue weighted by atomic mass is 10.0. The number of allylic oxidation sites excluding steroid dienone is 2. The average molecular weight is 586 g/mol.